The van der Waals surface area contributed by atoms with Gasteiger partial charge in [-0.3, -0.25) is 13.8 Å². The highest BCUT2D eigenvalue weighted by Gasteiger charge is 2.51. The number of aliphatic hydroxyl groups excluding tert-OH is 5. The van der Waals surface area contributed by atoms with Crippen LogP contribution in [0.15, 0.2) is 0 Å². The van der Waals surface area contributed by atoms with Crippen molar-refractivity contribution in [1.29, 1.82) is 0 Å². The molecule has 1 fully saturated rings. The average Bonchev–Trinajstić information content (AvgIpc) is 3.19. The minimum atomic E-state index is -5.01. The molecule has 13 heteroatoms. The van der Waals surface area contributed by atoms with Crippen LogP contribution in [0.4, 0.5) is 0 Å². The van der Waals surface area contributed by atoms with Crippen molar-refractivity contribution in [1.82, 2.24) is 0 Å². The van der Waals surface area contributed by atoms with E-state index in [1.165, 1.54) is 148 Å². The maximum atomic E-state index is 12.8. The number of esters is 1. The van der Waals surface area contributed by atoms with Crippen LogP contribution < -0.4 is 0 Å². The fourth-order valence-corrected chi connectivity index (χ4v) is 8.45. The number of ether oxygens (including phenoxy) is 2. The summed E-state index contributed by atoms with van der Waals surface area (Å²) in [5.41, 5.74) is 0. The Hall–Kier alpha value is -0.660. The fourth-order valence-electron chi connectivity index (χ4n) is 7.47. The number of carbonyl (C=O) groups is 1. The molecule has 0 bridgehead atoms. The van der Waals surface area contributed by atoms with Crippen LogP contribution in [0.1, 0.15) is 213 Å². The second-order valence-corrected chi connectivity index (χ2v) is 18.0. The third-order valence-corrected chi connectivity index (χ3v) is 12.2. The van der Waals surface area contributed by atoms with Crippen LogP contribution in [0, 0.1) is 0 Å². The van der Waals surface area contributed by atoms with Crippen molar-refractivity contribution in [2.45, 2.75) is 256 Å². The lowest BCUT2D eigenvalue weighted by Gasteiger charge is -2.41. The predicted molar refractivity (Wildman–Crippen MR) is 226 cm³/mol. The summed E-state index contributed by atoms with van der Waals surface area (Å²) in [7, 11) is -5.01. The van der Waals surface area contributed by atoms with E-state index in [2.05, 4.69) is 13.8 Å². The average molecular weight is 839 g/mol. The van der Waals surface area contributed by atoms with Crippen LogP contribution in [0.25, 0.3) is 0 Å². The Morgan fingerprint density at radius 3 is 1.21 bits per heavy atom. The normalized spacial score (nSPS) is 22.7. The molecule has 12 nitrogen and oxygen atoms in total. The van der Waals surface area contributed by atoms with Crippen molar-refractivity contribution in [3.63, 3.8) is 0 Å². The van der Waals surface area contributed by atoms with Crippen molar-refractivity contribution in [2.24, 2.45) is 0 Å². The molecule has 0 aliphatic heterocycles. The molecular formula is C44H87O12P. The summed E-state index contributed by atoms with van der Waals surface area (Å²) in [5, 5.41) is 50.1. The highest BCUT2D eigenvalue weighted by molar-refractivity contribution is 7.47. The Balaban J connectivity index is 2.37. The molecule has 0 aromatic rings. The van der Waals surface area contributed by atoms with Gasteiger partial charge in [-0.25, -0.2) is 4.57 Å². The Morgan fingerprint density at radius 1 is 0.491 bits per heavy atom. The standard InChI is InChI=1S/C44H87O12P/c1-3-5-7-9-11-13-15-17-19-20-22-24-26-28-30-32-34-53-35-37(36-54-57(51,52)56-44-42(49)40(47)39(46)41(48)43(44)50)55-38(45)33-31-29-27-25-23-21-18-16-14-12-10-8-6-4-2/h37,39-44,46-50H,3-36H2,1-2H3,(H,51,52)/t37-,39?,40-,41?,42?,43?,44?/m1/s1. The van der Waals surface area contributed by atoms with E-state index < -0.39 is 63.1 Å². The number of phosphoric ester groups is 1. The van der Waals surface area contributed by atoms with Gasteiger partial charge in [0.2, 0.25) is 0 Å². The van der Waals surface area contributed by atoms with Gasteiger partial charge >= 0.3 is 13.8 Å². The molecule has 1 aliphatic rings. The molecule has 0 spiro atoms. The van der Waals surface area contributed by atoms with Gasteiger partial charge in [0, 0.05) is 13.0 Å². The van der Waals surface area contributed by atoms with E-state index >= 15 is 0 Å². The third-order valence-electron chi connectivity index (χ3n) is 11.2. The van der Waals surface area contributed by atoms with Crippen LogP contribution in [-0.2, 0) is 27.9 Å². The van der Waals surface area contributed by atoms with E-state index in [0.717, 1.165) is 38.5 Å². The summed E-state index contributed by atoms with van der Waals surface area (Å²) in [6.07, 6.45) is 24.5. The zero-order valence-electron chi connectivity index (χ0n) is 36.2. The summed E-state index contributed by atoms with van der Waals surface area (Å²) < 4.78 is 34.2. The Morgan fingerprint density at radius 2 is 0.825 bits per heavy atom. The van der Waals surface area contributed by atoms with Gasteiger partial charge in [0.15, 0.2) is 0 Å². The molecule has 1 aliphatic carbocycles. The molecule has 1 rings (SSSR count). The van der Waals surface area contributed by atoms with Gasteiger partial charge in [-0.15, -0.1) is 0 Å². The zero-order chi connectivity index (χ0) is 42.0. The first-order valence-electron chi connectivity index (χ1n) is 23.4. The first kappa shape index (κ1) is 54.4. The van der Waals surface area contributed by atoms with Crippen LogP contribution in [0.5, 0.6) is 0 Å². The number of unbranched alkanes of at least 4 members (excludes halogenated alkanes) is 28. The molecule has 0 radical (unpaired) electrons. The maximum Gasteiger partial charge on any atom is 0.472 e. The lowest BCUT2D eigenvalue weighted by molar-refractivity contribution is -0.220. The minimum Gasteiger partial charge on any atom is -0.457 e. The Kier molecular flexibility index (Phi) is 34.4. The van der Waals surface area contributed by atoms with E-state index in [9.17, 15) is 39.8 Å². The van der Waals surface area contributed by atoms with Crippen LogP contribution >= 0.6 is 7.82 Å². The largest absolute Gasteiger partial charge is 0.472 e. The summed E-state index contributed by atoms with van der Waals surface area (Å²) in [6.45, 7) is 4.29. The topological polar surface area (TPSA) is 192 Å². The fraction of sp³-hybridized carbons (Fsp3) is 0.977. The molecule has 6 unspecified atom stereocenters. The van der Waals surface area contributed by atoms with Gasteiger partial charge in [-0.1, -0.05) is 194 Å². The van der Waals surface area contributed by atoms with Crippen molar-refractivity contribution >= 4 is 13.8 Å². The molecule has 0 heterocycles. The van der Waals surface area contributed by atoms with Crippen LogP contribution in [0.3, 0.4) is 0 Å². The van der Waals surface area contributed by atoms with Crippen molar-refractivity contribution in [3.8, 4) is 0 Å². The van der Waals surface area contributed by atoms with E-state index in [4.69, 9.17) is 18.5 Å². The van der Waals surface area contributed by atoms with Crippen molar-refractivity contribution in [3.05, 3.63) is 0 Å². The van der Waals surface area contributed by atoms with Gasteiger partial charge in [0.25, 0.3) is 0 Å². The van der Waals surface area contributed by atoms with Gasteiger partial charge in [0.05, 0.1) is 13.2 Å². The van der Waals surface area contributed by atoms with Crippen molar-refractivity contribution in [2.75, 3.05) is 19.8 Å². The molecule has 6 N–H and O–H groups in total. The molecule has 340 valence electrons. The van der Waals surface area contributed by atoms with Gasteiger partial charge in [-0.05, 0) is 12.8 Å². The summed E-state index contributed by atoms with van der Waals surface area (Å²) in [6, 6.07) is 0. The van der Waals surface area contributed by atoms with Gasteiger partial charge < -0.3 is 39.9 Å². The molecule has 0 aromatic heterocycles. The molecule has 0 saturated heterocycles. The third kappa shape index (κ3) is 28.5. The molecule has 0 aromatic carbocycles. The number of rotatable bonds is 40. The van der Waals surface area contributed by atoms with Gasteiger partial charge in [-0.2, -0.15) is 0 Å². The number of hydrogen-bond donors (Lipinski definition) is 6. The van der Waals surface area contributed by atoms with E-state index in [1.807, 2.05) is 0 Å². The highest BCUT2D eigenvalue weighted by atomic mass is 31.2. The number of carbonyl (C=O) groups excluding carboxylic acids is 1. The second-order valence-electron chi connectivity index (χ2n) is 16.6. The first-order chi connectivity index (χ1) is 27.5. The van der Waals surface area contributed by atoms with E-state index in [1.54, 1.807) is 0 Å². The molecule has 1 saturated carbocycles. The minimum absolute atomic E-state index is 0.0679. The molecule has 0 amide bonds. The second kappa shape index (κ2) is 36.0. The monoisotopic (exact) mass is 839 g/mol. The molecular weight excluding hydrogens is 751 g/mol. The SMILES string of the molecule is CCCCCCCCCCCCCCCCCCOC[C@H](COP(=O)(O)OC1C(O)C(O)C(O)[C@@H](O)C1O)OC(=O)CCCCCCCCCCCCCCCC. The molecule has 8 atom stereocenters. The lowest BCUT2D eigenvalue weighted by Crippen LogP contribution is -2.64. The summed E-state index contributed by atoms with van der Waals surface area (Å²) in [4.78, 5) is 23.1. The smallest absolute Gasteiger partial charge is 0.457 e. The Bertz CT molecular complexity index is 958. The number of phosphoric acid groups is 1. The van der Waals surface area contributed by atoms with Crippen LogP contribution in [0.2, 0.25) is 0 Å². The summed E-state index contributed by atoms with van der Waals surface area (Å²) >= 11 is 0. The van der Waals surface area contributed by atoms with Gasteiger partial charge in [0.1, 0.15) is 42.7 Å². The lowest BCUT2D eigenvalue weighted by atomic mass is 9.85. The zero-order valence-corrected chi connectivity index (χ0v) is 37.1. The molecule has 57 heavy (non-hydrogen) atoms. The van der Waals surface area contributed by atoms with Crippen LogP contribution in [-0.4, -0.2) is 98.9 Å². The first-order valence-corrected chi connectivity index (χ1v) is 24.9. The van der Waals surface area contributed by atoms with E-state index in [0.29, 0.717) is 13.0 Å². The highest BCUT2D eigenvalue weighted by Crippen LogP contribution is 2.47. The number of aliphatic hydroxyl groups is 5. The predicted octanol–water partition coefficient (Wildman–Crippen LogP) is 9.37. The summed E-state index contributed by atoms with van der Waals surface area (Å²) in [5.74, 6) is -0.472. The van der Waals surface area contributed by atoms with E-state index in [-0.39, 0.29) is 13.0 Å². The quantitative estimate of drug-likeness (QED) is 0.0195. The van der Waals surface area contributed by atoms with Crippen molar-refractivity contribution < 1.29 is 58.3 Å². The maximum absolute atomic E-state index is 12.8. The number of hydrogen-bond acceptors (Lipinski definition) is 11. The Labute approximate surface area is 346 Å².